The Bertz CT molecular complexity index is 420. The van der Waals surface area contributed by atoms with Crippen molar-refractivity contribution in [1.82, 2.24) is 10.5 Å². The SMILES string of the molecule is Cc1noc(C)c1CC(=O)NC(C)(CN)CC(C)C. The first-order valence-corrected chi connectivity index (χ1v) is 6.70. The molecule has 1 aromatic rings. The van der Waals surface area contributed by atoms with Crippen LogP contribution in [0.25, 0.3) is 0 Å². The van der Waals surface area contributed by atoms with E-state index >= 15 is 0 Å². The van der Waals surface area contributed by atoms with Gasteiger partial charge in [0.25, 0.3) is 0 Å². The topological polar surface area (TPSA) is 81.2 Å². The maximum atomic E-state index is 12.1. The van der Waals surface area contributed by atoms with Crippen LogP contribution in [0, 0.1) is 19.8 Å². The van der Waals surface area contributed by atoms with E-state index in [2.05, 4.69) is 24.3 Å². The molecule has 1 rings (SSSR count). The summed E-state index contributed by atoms with van der Waals surface area (Å²) in [6.07, 6.45) is 1.14. The van der Waals surface area contributed by atoms with Gasteiger partial charge in [-0.3, -0.25) is 4.79 Å². The highest BCUT2D eigenvalue weighted by Gasteiger charge is 2.26. The van der Waals surface area contributed by atoms with E-state index in [0.29, 0.717) is 18.2 Å². The molecule has 5 nitrogen and oxygen atoms in total. The lowest BCUT2D eigenvalue weighted by Gasteiger charge is -2.31. The van der Waals surface area contributed by atoms with Crippen molar-refractivity contribution in [2.75, 3.05) is 6.54 Å². The minimum Gasteiger partial charge on any atom is -0.361 e. The van der Waals surface area contributed by atoms with Gasteiger partial charge in [-0.05, 0) is 33.1 Å². The molecule has 0 saturated heterocycles. The van der Waals surface area contributed by atoms with Crippen LogP contribution in [0.1, 0.15) is 44.2 Å². The van der Waals surface area contributed by atoms with Crippen molar-refractivity contribution in [1.29, 1.82) is 0 Å². The average Bonchev–Trinajstić information content (AvgIpc) is 2.59. The van der Waals surface area contributed by atoms with Gasteiger partial charge in [0.15, 0.2) is 0 Å². The van der Waals surface area contributed by atoms with E-state index in [0.717, 1.165) is 17.7 Å². The zero-order valence-corrected chi connectivity index (χ0v) is 12.5. The highest BCUT2D eigenvalue weighted by atomic mass is 16.5. The summed E-state index contributed by atoms with van der Waals surface area (Å²) in [7, 11) is 0. The van der Waals surface area contributed by atoms with Gasteiger partial charge in [0.05, 0.1) is 12.1 Å². The summed E-state index contributed by atoms with van der Waals surface area (Å²) in [6.45, 7) is 10.3. The van der Waals surface area contributed by atoms with Crippen LogP contribution >= 0.6 is 0 Å². The molecule has 1 unspecified atom stereocenters. The van der Waals surface area contributed by atoms with Gasteiger partial charge in [-0.25, -0.2) is 0 Å². The van der Waals surface area contributed by atoms with Crippen molar-refractivity contribution in [3.8, 4) is 0 Å². The Morgan fingerprint density at radius 3 is 2.53 bits per heavy atom. The fourth-order valence-corrected chi connectivity index (χ4v) is 2.38. The van der Waals surface area contributed by atoms with E-state index in [1.807, 2.05) is 20.8 Å². The van der Waals surface area contributed by atoms with E-state index in [4.69, 9.17) is 10.3 Å². The van der Waals surface area contributed by atoms with Crippen molar-refractivity contribution in [2.45, 2.75) is 53.0 Å². The van der Waals surface area contributed by atoms with E-state index in [1.54, 1.807) is 0 Å². The summed E-state index contributed by atoms with van der Waals surface area (Å²) < 4.78 is 5.06. The van der Waals surface area contributed by atoms with Crippen LogP contribution in [0.3, 0.4) is 0 Å². The van der Waals surface area contributed by atoms with Gasteiger partial charge in [-0.2, -0.15) is 0 Å². The summed E-state index contributed by atoms with van der Waals surface area (Å²) in [6, 6.07) is 0. The third-order valence-electron chi connectivity index (χ3n) is 3.27. The van der Waals surface area contributed by atoms with E-state index in [1.165, 1.54) is 0 Å². The molecule has 3 N–H and O–H groups in total. The molecule has 0 aromatic carbocycles. The molecular formula is C14H25N3O2. The fourth-order valence-electron chi connectivity index (χ4n) is 2.38. The molecule has 0 aliphatic carbocycles. The van der Waals surface area contributed by atoms with Crippen LogP contribution in [0.2, 0.25) is 0 Å². The molecule has 0 saturated carbocycles. The van der Waals surface area contributed by atoms with Crippen LogP contribution < -0.4 is 11.1 Å². The summed E-state index contributed by atoms with van der Waals surface area (Å²) in [5.74, 6) is 1.14. The molecule has 0 bridgehead atoms. The fraction of sp³-hybridized carbons (Fsp3) is 0.714. The lowest BCUT2D eigenvalue weighted by molar-refractivity contribution is -0.122. The standard InChI is InChI=1S/C14H25N3O2/c1-9(2)7-14(5,8-15)16-13(18)6-12-10(3)17-19-11(12)4/h9H,6-8,15H2,1-5H3,(H,16,18). The third-order valence-corrected chi connectivity index (χ3v) is 3.27. The number of rotatable bonds is 6. The number of nitrogens with zero attached hydrogens (tertiary/aromatic N) is 1. The summed E-state index contributed by atoms with van der Waals surface area (Å²) in [4.78, 5) is 12.1. The first kappa shape index (κ1) is 15.7. The minimum atomic E-state index is -0.357. The van der Waals surface area contributed by atoms with Crippen LogP contribution in [0.15, 0.2) is 4.52 Å². The van der Waals surface area contributed by atoms with Crippen LogP contribution in [-0.2, 0) is 11.2 Å². The Morgan fingerprint density at radius 1 is 1.47 bits per heavy atom. The normalized spacial score (nSPS) is 14.5. The monoisotopic (exact) mass is 267 g/mol. The van der Waals surface area contributed by atoms with Gasteiger partial charge in [0.2, 0.25) is 5.91 Å². The maximum Gasteiger partial charge on any atom is 0.225 e. The van der Waals surface area contributed by atoms with Gasteiger partial charge < -0.3 is 15.6 Å². The Kier molecular flexibility index (Phi) is 5.11. The molecule has 0 fully saturated rings. The van der Waals surface area contributed by atoms with Crippen LogP contribution in [-0.4, -0.2) is 23.1 Å². The van der Waals surface area contributed by atoms with Crippen molar-refractivity contribution in [2.24, 2.45) is 11.7 Å². The van der Waals surface area contributed by atoms with Crippen LogP contribution in [0.4, 0.5) is 0 Å². The molecule has 108 valence electrons. The second kappa shape index (κ2) is 6.19. The van der Waals surface area contributed by atoms with Crippen molar-refractivity contribution in [3.05, 3.63) is 17.0 Å². The van der Waals surface area contributed by atoms with Gasteiger partial charge >= 0.3 is 0 Å². The summed E-state index contributed by atoms with van der Waals surface area (Å²) in [5, 5.41) is 6.89. The number of aromatic nitrogens is 1. The largest absolute Gasteiger partial charge is 0.361 e. The molecule has 1 amide bonds. The van der Waals surface area contributed by atoms with E-state index < -0.39 is 0 Å². The molecule has 5 heteroatoms. The van der Waals surface area contributed by atoms with Gasteiger partial charge in [0, 0.05) is 17.6 Å². The third kappa shape index (κ3) is 4.35. The Morgan fingerprint density at radius 2 is 2.11 bits per heavy atom. The van der Waals surface area contributed by atoms with Crippen LogP contribution in [0.5, 0.6) is 0 Å². The number of amides is 1. The Balaban J connectivity index is 2.69. The first-order chi connectivity index (χ1) is 8.77. The molecule has 0 spiro atoms. The predicted octanol–water partition coefficient (Wildman–Crippen LogP) is 1.71. The smallest absolute Gasteiger partial charge is 0.225 e. The molecule has 1 aromatic heterocycles. The van der Waals surface area contributed by atoms with Crippen molar-refractivity contribution in [3.63, 3.8) is 0 Å². The lowest BCUT2D eigenvalue weighted by Crippen LogP contribution is -2.52. The number of nitrogens with two attached hydrogens (primary N) is 1. The molecule has 0 aliphatic rings. The maximum absolute atomic E-state index is 12.1. The Labute approximate surface area is 114 Å². The second-order valence-corrected chi connectivity index (χ2v) is 5.89. The molecule has 1 atom stereocenters. The van der Waals surface area contributed by atoms with Gasteiger partial charge in [-0.1, -0.05) is 19.0 Å². The highest BCUT2D eigenvalue weighted by molar-refractivity contribution is 5.79. The number of aryl methyl sites for hydroxylation is 2. The average molecular weight is 267 g/mol. The predicted molar refractivity (Wildman–Crippen MR) is 74.7 cm³/mol. The zero-order valence-electron chi connectivity index (χ0n) is 12.5. The van der Waals surface area contributed by atoms with Crippen molar-refractivity contribution < 1.29 is 9.32 Å². The van der Waals surface area contributed by atoms with E-state index in [9.17, 15) is 4.79 Å². The number of nitrogens with one attached hydrogen (secondary N) is 1. The molecule has 1 heterocycles. The zero-order chi connectivity index (χ0) is 14.6. The Hall–Kier alpha value is -1.36. The number of carbonyl (C=O) groups excluding carboxylic acids is 1. The molecule has 0 radical (unpaired) electrons. The number of carbonyl (C=O) groups is 1. The lowest BCUT2D eigenvalue weighted by atomic mass is 9.90. The van der Waals surface area contributed by atoms with E-state index in [-0.39, 0.29) is 17.9 Å². The highest BCUT2D eigenvalue weighted by Crippen LogP contribution is 2.17. The number of hydrogen-bond donors (Lipinski definition) is 2. The van der Waals surface area contributed by atoms with Crippen molar-refractivity contribution >= 4 is 5.91 Å². The quantitative estimate of drug-likeness (QED) is 0.822. The minimum absolute atomic E-state index is 0.0389. The second-order valence-electron chi connectivity index (χ2n) is 5.89. The summed E-state index contributed by atoms with van der Waals surface area (Å²) in [5.41, 5.74) is 7.07. The first-order valence-electron chi connectivity index (χ1n) is 6.70. The summed E-state index contributed by atoms with van der Waals surface area (Å²) >= 11 is 0. The molecule has 0 aliphatic heterocycles. The number of hydrogen-bond acceptors (Lipinski definition) is 4. The molecule has 19 heavy (non-hydrogen) atoms. The van der Waals surface area contributed by atoms with Gasteiger partial charge in [0.1, 0.15) is 5.76 Å². The van der Waals surface area contributed by atoms with Gasteiger partial charge in [-0.15, -0.1) is 0 Å². The molecular weight excluding hydrogens is 242 g/mol.